The van der Waals surface area contributed by atoms with Gasteiger partial charge in [-0.1, -0.05) is 0 Å². The quantitative estimate of drug-likeness (QED) is 0.844. The van der Waals surface area contributed by atoms with Crippen molar-refractivity contribution in [2.45, 2.75) is 27.7 Å². The van der Waals surface area contributed by atoms with Gasteiger partial charge in [0, 0.05) is 31.7 Å². The first-order valence-electron chi connectivity index (χ1n) is 9.50. The summed E-state index contributed by atoms with van der Waals surface area (Å²) in [6.07, 6.45) is 0. The first-order chi connectivity index (χ1) is 13.0. The Morgan fingerprint density at radius 1 is 1.07 bits per heavy atom. The molecular weight excluding hydrogens is 344 g/mol. The second-order valence-corrected chi connectivity index (χ2v) is 6.59. The molecule has 0 saturated carbocycles. The van der Waals surface area contributed by atoms with E-state index >= 15 is 0 Å². The van der Waals surface area contributed by atoms with Gasteiger partial charge in [-0.2, -0.15) is 5.10 Å². The fourth-order valence-corrected chi connectivity index (χ4v) is 3.51. The molecule has 1 N–H and O–H groups in total. The van der Waals surface area contributed by atoms with Crippen LogP contribution >= 0.6 is 0 Å². The van der Waals surface area contributed by atoms with Gasteiger partial charge in [-0.05, 0) is 45.9 Å². The summed E-state index contributed by atoms with van der Waals surface area (Å²) in [5.74, 6) is 1.32. The number of aromatic amines is 1. The second kappa shape index (κ2) is 8.33. The minimum absolute atomic E-state index is 0.0271. The summed E-state index contributed by atoms with van der Waals surface area (Å²) in [4.78, 5) is 17.1. The van der Waals surface area contributed by atoms with Crippen LogP contribution in [0.25, 0.3) is 0 Å². The van der Waals surface area contributed by atoms with Crippen molar-refractivity contribution >= 4 is 11.6 Å². The molecule has 0 spiro atoms. The van der Waals surface area contributed by atoms with Crippen LogP contribution in [-0.4, -0.2) is 60.4 Å². The van der Waals surface area contributed by atoms with Crippen LogP contribution in [0.15, 0.2) is 18.2 Å². The number of hydrogen-bond donors (Lipinski definition) is 1. The Labute approximate surface area is 160 Å². The Hall–Kier alpha value is -2.70. The van der Waals surface area contributed by atoms with Gasteiger partial charge in [0.25, 0.3) is 5.91 Å². The number of carbonyl (C=O) groups excluding carboxylic acids is 1. The Bertz CT molecular complexity index is 775. The first-order valence-corrected chi connectivity index (χ1v) is 9.50. The molecule has 1 aromatic heterocycles. The number of piperazine rings is 1. The van der Waals surface area contributed by atoms with Crippen LogP contribution < -0.4 is 14.4 Å². The van der Waals surface area contributed by atoms with Gasteiger partial charge in [-0.15, -0.1) is 0 Å². The van der Waals surface area contributed by atoms with Gasteiger partial charge in [0.1, 0.15) is 0 Å². The Morgan fingerprint density at radius 2 is 1.74 bits per heavy atom. The molecule has 0 atom stereocenters. The summed E-state index contributed by atoms with van der Waals surface area (Å²) in [6, 6.07) is 5.41. The number of H-pyrrole nitrogens is 1. The lowest BCUT2D eigenvalue weighted by atomic mass is 10.1. The summed E-state index contributed by atoms with van der Waals surface area (Å²) in [5, 5.41) is 7.30. The molecule has 3 rings (SSSR count). The fourth-order valence-electron chi connectivity index (χ4n) is 3.51. The summed E-state index contributed by atoms with van der Waals surface area (Å²) in [5.41, 5.74) is 3.85. The smallest absolute Gasteiger partial charge is 0.254 e. The van der Waals surface area contributed by atoms with Crippen LogP contribution in [0, 0.1) is 13.8 Å². The minimum Gasteiger partial charge on any atom is -0.490 e. The Kier molecular flexibility index (Phi) is 5.88. The number of ether oxygens (including phenoxy) is 2. The van der Waals surface area contributed by atoms with Gasteiger partial charge in [-0.25, -0.2) is 0 Å². The molecule has 1 aromatic carbocycles. The topological polar surface area (TPSA) is 70.7 Å². The number of nitrogens with zero attached hydrogens (tertiary/aromatic N) is 3. The predicted molar refractivity (Wildman–Crippen MR) is 105 cm³/mol. The van der Waals surface area contributed by atoms with E-state index in [1.807, 2.05) is 44.7 Å². The van der Waals surface area contributed by atoms with Gasteiger partial charge in [-0.3, -0.25) is 9.89 Å². The molecule has 7 heteroatoms. The van der Waals surface area contributed by atoms with Crippen LogP contribution in [0.2, 0.25) is 0 Å². The SMILES string of the molecule is CCOc1ccc(C(=O)N2CCN(c3c(C)n[nH]c3C)CC2)cc1OCC. The van der Waals surface area contributed by atoms with Gasteiger partial charge >= 0.3 is 0 Å². The van der Waals surface area contributed by atoms with E-state index in [-0.39, 0.29) is 5.91 Å². The first kappa shape index (κ1) is 19.1. The third kappa shape index (κ3) is 4.02. The zero-order valence-electron chi connectivity index (χ0n) is 16.5. The molecule has 0 radical (unpaired) electrons. The van der Waals surface area contributed by atoms with Crippen molar-refractivity contribution in [3.63, 3.8) is 0 Å². The van der Waals surface area contributed by atoms with Gasteiger partial charge in [0.2, 0.25) is 0 Å². The highest BCUT2D eigenvalue weighted by Gasteiger charge is 2.25. The van der Waals surface area contributed by atoms with Gasteiger partial charge in [0.05, 0.1) is 30.3 Å². The zero-order valence-corrected chi connectivity index (χ0v) is 16.5. The van der Waals surface area contributed by atoms with Crippen molar-refractivity contribution in [3.8, 4) is 11.5 Å². The molecule has 27 heavy (non-hydrogen) atoms. The molecular formula is C20H28N4O3. The molecule has 0 unspecified atom stereocenters. The summed E-state index contributed by atoms with van der Waals surface area (Å²) >= 11 is 0. The minimum atomic E-state index is 0.0271. The van der Waals surface area contributed by atoms with Gasteiger partial charge in [0.15, 0.2) is 11.5 Å². The number of benzene rings is 1. The van der Waals surface area contributed by atoms with Gasteiger partial charge < -0.3 is 19.3 Å². The molecule has 1 fully saturated rings. The number of amides is 1. The van der Waals surface area contributed by atoms with E-state index in [2.05, 4.69) is 15.1 Å². The average Bonchev–Trinajstić information content (AvgIpc) is 3.01. The lowest BCUT2D eigenvalue weighted by molar-refractivity contribution is 0.0746. The maximum atomic E-state index is 12.9. The fraction of sp³-hybridized carbons (Fsp3) is 0.500. The molecule has 1 saturated heterocycles. The van der Waals surface area contributed by atoms with E-state index in [1.165, 1.54) is 0 Å². The van der Waals surface area contributed by atoms with Crippen molar-refractivity contribution in [2.24, 2.45) is 0 Å². The van der Waals surface area contributed by atoms with Crippen LogP contribution in [0.5, 0.6) is 11.5 Å². The Balaban J connectivity index is 1.69. The van der Waals surface area contributed by atoms with Crippen molar-refractivity contribution in [3.05, 3.63) is 35.2 Å². The summed E-state index contributed by atoms with van der Waals surface area (Å²) < 4.78 is 11.2. The van der Waals surface area contributed by atoms with Crippen molar-refractivity contribution in [2.75, 3.05) is 44.3 Å². The molecule has 2 aromatic rings. The maximum absolute atomic E-state index is 12.9. The van der Waals surface area contributed by atoms with Crippen molar-refractivity contribution < 1.29 is 14.3 Å². The normalized spacial score (nSPS) is 14.4. The summed E-state index contributed by atoms with van der Waals surface area (Å²) in [7, 11) is 0. The zero-order chi connectivity index (χ0) is 19.4. The van der Waals surface area contributed by atoms with Crippen LogP contribution in [-0.2, 0) is 0 Å². The molecule has 1 aliphatic rings. The third-order valence-corrected chi connectivity index (χ3v) is 4.76. The number of aryl methyl sites for hydroxylation is 2. The van der Waals surface area contributed by atoms with E-state index in [4.69, 9.17) is 9.47 Å². The highest BCUT2D eigenvalue weighted by Crippen LogP contribution is 2.29. The lowest BCUT2D eigenvalue weighted by Crippen LogP contribution is -2.49. The third-order valence-electron chi connectivity index (χ3n) is 4.76. The second-order valence-electron chi connectivity index (χ2n) is 6.59. The Morgan fingerprint density at radius 3 is 2.33 bits per heavy atom. The van der Waals surface area contributed by atoms with Crippen LogP contribution in [0.3, 0.4) is 0 Å². The van der Waals surface area contributed by atoms with E-state index in [9.17, 15) is 4.79 Å². The lowest BCUT2D eigenvalue weighted by Gasteiger charge is -2.36. The molecule has 1 amide bonds. The molecule has 7 nitrogen and oxygen atoms in total. The molecule has 2 heterocycles. The number of hydrogen-bond acceptors (Lipinski definition) is 5. The van der Waals surface area contributed by atoms with Crippen molar-refractivity contribution in [1.29, 1.82) is 0 Å². The highest BCUT2D eigenvalue weighted by atomic mass is 16.5. The van der Waals surface area contributed by atoms with E-state index in [1.54, 1.807) is 6.07 Å². The number of aromatic nitrogens is 2. The van der Waals surface area contributed by atoms with Crippen molar-refractivity contribution in [1.82, 2.24) is 15.1 Å². The van der Waals surface area contributed by atoms with E-state index in [0.29, 0.717) is 43.4 Å². The van der Waals surface area contributed by atoms with E-state index in [0.717, 1.165) is 30.2 Å². The number of anilines is 1. The molecule has 0 bridgehead atoms. The average molecular weight is 372 g/mol. The van der Waals surface area contributed by atoms with E-state index < -0.39 is 0 Å². The van der Waals surface area contributed by atoms with Crippen LogP contribution in [0.4, 0.5) is 5.69 Å². The molecule has 146 valence electrons. The highest BCUT2D eigenvalue weighted by molar-refractivity contribution is 5.95. The van der Waals surface area contributed by atoms with Crippen LogP contribution in [0.1, 0.15) is 35.6 Å². The summed E-state index contributed by atoms with van der Waals surface area (Å²) in [6.45, 7) is 11.9. The molecule has 1 aliphatic heterocycles. The standard InChI is InChI=1S/C20H28N4O3/c1-5-26-17-8-7-16(13-18(17)27-6-2)20(25)24-11-9-23(10-12-24)19-14(3)21-22-15(19)4/h7-8,13H,5-6,9-12H2,1-4H3,(H,21,22). The largest absolute Gasteiger partial charge is 0.490 e. The number of carbonyl (C=O) groups is 1. The number of nitrogens with one attached hydrogen (secondary N) is 1. The predicted octanol–water partition coefficient (Wildman–Crippen LogP) is 2.79. The maximum Gasteiger partial charge on any atom is 0.254 e. The monoisotopic (exact) mass is 372 g/mol. The molecule has 0 aliphatic carbocycles. The number of rotatable bonds is 6.